The van der Waals surface area contributed by atoms with Gasteiger partial charge in [-0.1, -0.05) is 30.3 Å². The maximum atomic E-state index is 13.2. The van der Waals surface area contributed by atoms with Gasteiger partial charge in [-0.3, -0.25) is 9.78 Å². The van der Waals surface area contributed by atoms with E-state index in [2.05, 4.69) is 24.3 Å². The molecule has 0 spiro atoms. The number of pyridine rings is 1. The molecule has 0 unspecified atom stereocenters. The van der Waals surface area contributed by atoms with Crippen LogP contribution in [0.1, 0.15) is 43.0 Å². The number of carbonyl (C=O) groups excluding carboxylic acids is 1. The van der Waals surface area contributed by atoms with E-state index in [1.165, 1.54) is 21.7 Å². The normalized spacial score (nSPS) is 21.2. The van der Waals surface area contributed by atoms with Crippen LogP contribution in [-0.4, -0.2) is 60.9 Å². The van der Waals surface area contributed by atoms with Gasteiger partial charge in [0.05, 0.1) is 6.26 Å². The lowest BCUT2D eigenvalue weighted by Crippen LogP contribution is -2.46. The Morgan fingerprint density at radius 3 is 2.39 bits per heavy atom. The standard InChI is InChI=1S/C24H31N3O3S/c1-18-15-22(19-7-4-3-5-8-19)16-23(25-18)21-9-6-12-26(17-21)24(28)20-10-13-27(14-11-20)31(2,29)30/h3-5,7-8,15-16,20-21H,6,9-14,17H2,1-2H3/t21-/m1/s1. The summed E-state index contributed by atoms with van der Waals surface area (Å²) in [4.78, 5) is 20.0. The first-order chi connectivity index (χ1) is 14.8. The molecule has 2 aromatic rings. The number of piperidine rings is 2. The van der Waals surface area contributed by atoms with Crippen molar-refractivity contribution in [3.63, 3.8) is 0 Å². The molecule has 1 aromatic heterocycles. The van der Waals surface area contributed by atoms with Crippen LogP contribution in [-0.2, 0) is 14.8 Å². The van der Waals surface area contributed by atoms with E-state index >= 15 is 0 Å². The van der Waals surface area contributed by atoms with Crippen molar-refractivity contribution in [1.82, 2.24) is 14.2 Å². The van der Waals surface area contributed by atoms with Crippen LogP contribution in [0.25, 0.3) is 11.1 Å². The number of rotatable bonds is 4. The lowest BCUT2D eigenvalue weighted by molar-refractivity contribution is -0.138. The average molecular weight is 442 g/mol. The number of hydrogen-bond donors (Lipinski definition) is 0. The van der Waals surface area contributed by atoms with E-state index in [0.29, 0.717) is 32.5 Å². The molecular weight excluding hydrogens is 410 g/mol. The summed E-state index contributed by atoms with van der Waals surface area (Å²) in [6, 6.07) is 14.6. The molecule has 7 heteroatoms. The minimum Gasteiger partial charge on any atom is -0.342 e. The molecule has 0 radical (unpaired) electrons. The van der Waals surface area contributed by atoms with Gasteiger partial charge in [0.25, 0.3) is 0 Å². The summed E-state index contributed by atoms with van der Waals surface area (Å²) in [7, 11) is -3.18. The molecule has 166 valence electrons. The highest BCUT2D eigenvalue weighted by atomic mass is 32.2. The van der Waals surface area contributed by atoms with Crippen LogP contribution in [0.5, 0.6) is 0 Å². The number of likely N-dealkylation sites (tertiary alicyclic amines) is 1. The van der Waals surface area contributed by atoms with E-state index in [1.54, 1.807) is 0 Å². The van der Waals surface area contributed by atoms with E-state index in [0.717, 1.165) is 30.8 Å². The van der Waals surface area contributed by atoms with Crippen molar-refractivity contribution in [2.45, 2.75) is 38.5 Å². The van der Waals surface area contributed by atoms with Crippen LogP contribution >= 0.6 is 0 Å². The first-order valence-electron chi connectivity index (χ1n) is 11.1. The summed E-state index contributed by atoms with van der Waals surface area (Å²) in [6.07, 6.45) is 4.45. The van der Waals surface area contributed by atoms with E-state index in [1.807, 2.05) is 30.0 Å². The van der Waals surface area contributed by atoms with Crippen LogP contribution in [0, 0.1) is 12.8 Å². The molecule has 0 N–H and O–H groups in total. The number of carbonyl (C=O) groups is 1. The lowest BCUT2D eigenvalue weighted by atomic mass is 9.90. The quantitative estimate of drug-likeness (QED) is 0.729. The van der Waals surface area contributed by atoms with Crippen molar-refractivity contribution >= 4 is 15.9 Å². The van der Waals surface area contributed by atoms with Gasteiger partial charge in [0.1, 0.15) is 0 Å². The van der Waals surface area contributed by atoms with Gasteiger partial charge in [0, 0.05) is 49.4 Å². The SMILES string of the molecule is Cc1cc(-c2ccccc2)cc([C@@H]2CCCN(C(=O)C3CCN(S(C)(=O)=O)CC3)C2)n1. The van der Waals surface area contributed by atoms with Crippen molar-refractivity contribution in [2.75, 3.05) is 32.4 Å². The lowest BCUT2D eigenvalue weighted by Gasteiger charge is -2.37. The highest BCUT2D eigenvalue weighted by Crippen LogP contribution is 2.31. The van der Waals surface area contributed by atoms with Crippen LogP contribution in [0.2, 0.25) is 0 Å². The molecule has 0 aliphatic carbocycles. The molecule has 0 bridgehead atoms. The topological polar surface area (TPSA) is 70.6 Å². The number of amides is 1. The highest BCUT2D eigenvalue weighted by Gasteiger charge is 2.34. The number of aromatic nitrogens is 1. The Kier molecular flexibility index (Phi) is 6.44. The Labute approximate surface area is 185 Å². The second-order valence-corrected chi connectivity index (χ2v) is 10.8. The van der Waals surface area contributed by atoms with Crippen LogP contribution in [0.15, 0.2) is 42.5 Å². The predicted octanol–water partition coefficient (Wildman–Crippen LogP) is 3.43. The van der Waals surface area contributed by atoms with E-state index in [-0.39, 0.29) is 17.7 Å². The molecule has 2 saturated heterocycles. The summed E-state index contributed by atoms with van der Waals surface area (Å²) >= 11 is 0. The molecule has 2 fully saturated rings. The Morgan fingerprint density at radius 2 is 1.71 bits per heavy atom. The van der Waals surface area contributed by atoms with Gasteiger partial charge in [-0.2, -0.15) is 0 Å². The number of benzene rings is 1. The number of nitrogens with zero attached hydrogens (tertiary/aromatic N) is 3. The van der Waals surface area contributed by atoms with Crippen molar-refractivity contribution < 1.29 is 13.2 Å². The fourth-order valence-electron chi connectivity index (χ4n) is 4.81. The molecule has 31 heavy (non-hydrogen) atoms. The number of sulfonamides is 1. The molecule has 0 saturated carbocycles. The van der Waals surface area contributed by atoms with E-state index in [4.69, 9.17) is 4.98 Å². The highest BCUT2D eigenvalue weighted by molar-refractivity contribution is 7.88. The fourth-order valence-corrected chi connectivity index (χ4v) is 5.69. The van der Waals surface area contributed by atoms with Gasteiger partial charge in [-0.25, -0.2) is 12.7 Å². The fraction of sp³-hybridized carbons (Fsp3) is 0.500. The average Bonchev–Trinajstić information content (AvgIpc) is 2.78. The zero-order valence-corrected chi connectivity index (χ0v) is 19.1. The maximum absolute atomic E-state index is 13.2. The molecule has 2 aliphatic rings. The molecule has 1 amide bonds. The van der Waals surface area contributed by atoms with Crippen molar-refractivity contribution in [3.8, 4) is 11.1 Å². The zero-order chi connectivity index (χ0) is 22.0. The van der Waals surface area contributed by atoms with E-state index < -0.39 is 10.0 Å². The van der Waals surface area contributed by atoms with Gasteiger partial charge in [-0.05, 0) is 55.9 Å². The predicted molar refractivity (Wildman–Crippen MR) is 122 cm³/mol. The van der Waals surface area contributed by atoms with Crippen molar-refractivity contribution in [1.29, 1.82) is 0 Å². The van der Waals surface area contributed by atoms with Crippen molar-refractivity contribution in [2.24, 2.45) is 5.92 Å². The third-order valence-corrected chi connectivity index (χ3v) is 7.81. The minimum atomic E-state index is -3.18. The molecule has 1 aromatic carbocycles. The second-order valence-electron chi connectivity index (χ2n) is 8.85. The molecule has 2 aliphatic heterocycles. The molecule has 3 heterocycles. The number of hydrogen-bond acceptors (Lipinski definition) is 4. The summed E-state index contributed by atoms with van der Waals surface area (Å²) in [5, 5.41) is 0. The summed E-state index contributed by atoms with van der Waals surface area (Å²) in [5.41, 5.74) is 4.39. The van der Waals surface area contributed by atoms with Gasteiger partial charge < -0.3 is 4.90 Å². The van der Waals surface area contributed by atoms with Gasteiger partial charge >= 0.3 is 0 Å². The van der Waals surface area contributed by atoms with Gasteiger partial charge in [0.2, 0.25) is 15.9 Å². The molecule has 4 rings (SSSR count). The van der Waals surface area contributed by atoms with Crippen LogP contribution in [0.3, 0.4) is 0 Å². The molecule has 6 nitrogen and oxygen atoms in total. The Balaban J connectivity index is 1.46. The van der Waals surface area contributed by atoms with Gasteiger partial charge in [0.15, 0.2) is 0 Å². The number of aryl methyl sites for hydroxylation is 1. The largest absolute Gasteiger partial charge is 0.342 e. The molecular formula is C24H31N3O3S. The first-order valence-corrected chi connectivity index (χ1v) is 12.9. The van der Waals surface area contributed by atoms with Crippen LogP contribution in [0.4, 0.5) is 0 Å². The summed E-state index contributed by atoms with van der Waals surface area (Å²) < 4.78 is 25.0. The first kappa shape index (κ1) is 22.0. The van der Waals surface area contributed by atoms with Crippen molar-refractivity contribution in [3.05, 3.63) is 53.9 Å². The zero-order valence-electron chi connectivity index (χ0n) is 18.3. The third kappa shape index (κ3) is 5.15. The molecule has 1 atom stereocenters. The maximum Gasteiger partial charge on any atom is 0.225 e. The monoisotopic (exact) mass is 441 g/mol. The van der Waals surface area contributed by atoms with E-state index in [9.17, 15) is 13.2 Å². The smallest absolute Gasteiger partial charge is 0.225 e. The summed E-state index contributed by atoms with van der Waals surface area (Å²) in [5.74, 6) is 0.326. The second kappa shape index (κ2) is 9.09. The Morgan fingerprint density at radius 1 is 1.00 bits per heavy atom. The Hall–Kier alpha value is -2.25. The third-order valence-electron chi connectivity index (χ3n) is 6.50. The van der Waals surface area contributed by atoms with Crippen LogP contribution < -0.4 is 0 Å². The summed E-state index contributed by atoms with van der Waals surface area (Å²) in [6.45, 7) is 4.37. The minimum absolute atomic E-state index is 0.0814. The Bertz CT molecular complexity index is 1030. The van der Waals surface area contributed by atoms with Gasteiger partial charge in [-0.15, -0.1) is 0 Å².